The van der Waals surface area contributed by atoms with Crippen molar-refractivity contribution in [2.45, 2.75) is 26.4 Å². The second-order valence-electron chi connectivity index (χ2n) is 6.42. The molecule has 0 fully saturated rings. The molecule has 0 unspecified atom stereocenters. The summed E-state index contributed by atoms with van der Waals surface area (Å²) < 4.78 is 5.37. The van der Waals surface area contributed by atoms with Crippen LogP contribution >= 0.6 is 24.0 Å². The summed E-state index contributed by atoms with van der Waals surface area (Å²) >= 11 is 0. The number of aliphatic imine (C=N–C) groups is 1. The maximum atomic E-state index is 12.4. The molecule has 0 saturated carbocycles. The van der Waals surface area contributed by atoms with Gasteiger partial charge in [-0.1, -0.05) is 48.5 Å². The van der Waals surface area contributed by atoms with Crippen molar-refractivity contribution in [1.82, 2.24) is 15.5 Å². The monoisotopic (exact) mass is 510 g/mol. The highest BCUT2D eigenvalue weighted by molar-refractivity contribution is 14.0. The first-order valence-electron chi connectivity index (χ1n) is 9.56. The molecule has 2 aromatic carbocycles. The fraction of sp³-hybridized carbons (Fsp3) is 0.364. The van der Waals surface area contributed by atoms with Crippen LogP contribution in [-0.2, 0) is 17.9 Å². The van der Waals surface area contributed by atoms with Crippen LogP contribution in [0.5, 0.6) is 5.75 Å². The van der Waals surface area contributed by atoms with E-state index in [1.165, 1.54) is 0 Å². The number of amides is 1. The van der Waals surface area contributed by atoms with Crippen LogP contribution in [0.4, 0.5) is 0 Å². The predicted molar refractivity (Wildman–Crippen MR) is 129 cm³/mol. The Hall–Kier alpha value is -2.29. The lowest BCUT2D eigenvalue weighted by Gasteiger charge is -2.18. The predicted octanol–water partition coefficient (Wildman–Crippen LogP) is 3.42. The summed E-state index contributed by atoms with van der Waals surface area (Å²) in [6.07, 6.45) is 0.405. The fourth-order valence-electron chi connectivity index (χ4n) is 2.76. The smallest absolute Gasteiger partial charge is 0.224 e. The first-order chi connectivity index (χ1) is 13.6. The van der Waals surface area contributed by atoms with Gasteiger partial charge < -0.3 is 20.3 Å². The molecule has 0 radical (unpaired) electrons. The van der Waals surface area contributed by atoms with Gasteiger partial charge in [0.15, 0.2) is 5.96 Å². The number of hydrogen-bond acceptors (Lipinski definition) is 3. The molecule has 0 bridgehead atoms. The molecule has 158 valence electrons. The lowest BCUT2D eigenvalue weighted by atomic mass is 10.2. The van der Waals surface area contributed by atoms with Crippen LogP contribution in [-0.4, -0.2) is 44.0 Å². The number of hydrogen-bond donors (Lipinski definition) is 2. The zero-order valence-corrected chi connectivity index (χ0v) is 19.7. The summed E-state index contributed by atoms with van der Waals surface area (Å²) in [6.45, 7) is 4.40. The minimum Gasteiger partial charge on any atom is -0.496 e. The highest BCUT2D eigenvalue weighted by Gasteiger charge is 2.09. The van der Waals surface area contributed by atoms with Crippen LogP contribution in [0.15, 0.2) is 59.6 Å². The second kappa shape index (κ2) is 13.8. The van der Waals surface area contributed by atoms with E-state index in [2.05, 4.69) is 15.6 Å². The van der Waals surface area contributed by atoms with Gasteiger partial charge in [0.25, 0.3) is 0 Å². The number of benzene rings is 2. The number of halogens is 1. The molecular weight excluding hydrogens is 479 g/mol. The van der Waals surface area contributed by atoms with Crippen LogP contribution in [0.1, 0.15) is 24.5 Å². The maximum Gasteiger partial charge on any atom is 0.224 e. The van der Waals surface area contributed by atoms with Crippen LogP contribution in [0.25, 0.3) is 0 Å². The molecule has 2 aromatic rings. The Morgan fingerprint density at radius 2 is 1.76 bits per heavy atom. The van der Waals surface area contributed by atoms with Gasteiger partial charge >= 0.3 is 0 Å². The molecule has 0 aliphatic carbocycles. The highest BCUT2D eigenvalue weighted by atomic mass is 127. The van der Waals surface area contributed by atoms with E-state index in [-0.39, 0.29) is 29.9 Å². The van der Waals surface area contributed by atoms with Crippen molar-refractivity contribution in [3.8, 4) is 5.75 Å². The Bertz CT molecular complexity index is 768. The van der Waals surface area contributed by atoms with E-state index < -0.39 is 0 Å². The molecule has 0 aromatic heterocycles. The van der Waals surface area contributed by atoms with Crippen LogP contribution in [0.3, 0.4) is 0 Å². The number of guanidine groups is 1. The third-order valence-electron chi connectivity index (χ3n) is 4.26. The number of carbonyl (C=O) groups is 1. The molecule has 0 spiro atoms. The van der Waals surface area contributed by atoms with Crippen molar-refractivity contribution in [3.63, 3.8) is 0 Å². The standard InChI is InChI=1S/C22H30N4O2.HI/c1-4-23-22(25-16-19-12-8-9-13-20(19)28-3)24-15-14-21(27)26(2)17-18-10-6-5-7-11-18;/h5-13H,4,14-17H2,1-3H3,(H2,23,24,25);1H. The Kier molecular flexibility index (Phi) is 11.8. The topological polar surface area (TPSA) is 66.0 Å². The zero-order chi connectivity index (χ0) is 20.2. The quantitative estimate of drug-likeness (QED) is 0.308. The van der Waals surface area contributed by atoms with Crippen LogP contribution in [0.2, 0.25) is 0 Å². The lowest BCUT2D eigenvalue weighted by molar-refractivity contribution is -0.130. The minimum atomic E-state index is 0. The molecule has 2 N–H and O–H groups in total. The minimum absolute atomic E-state index is 0. The average Bonchev–Trinajstić information content (AvgIpc) is 2.72. The average molecular weight is 510 g/mol. The normalized spacial score (nSPS) is 10.7. The largest absolute Gasteiger partial charge is 0.496 e. The van der Waals surface area contributed by atoms with Gasteiger partial charge in [0.1, 0.15) is 5.75 Å². The number of carbonyl (C=O) groups excluding carboxylic acids is 1. The van der Waals surface area contributed by atoms with Gasteiger partial charge in [0.05, 0.1) is 13.7 Å². The molecular formula is C22H31IN4O2. The van der Waals surface area contributed by atoms with Gasteiger partial charge in [0, 0.05) is 38.7 Å². The SMILES string of the molecule is CCNC(=NCc1ccccc1OC)NCCC(=O)N(C)Cc1ccccc1.I. The van der Waals surface area contributed by atoms with Crippen LogP contribution < -0.4 is 15.4 Å². The Morgan fingerprint density at radius 3 is 2.45 bits per heavy atom. The Labute approximate surface area is 190 Å². The molecule has 2 rings (SSSR count). The third-order valence-corrected chi connectivity index (χ3v) is 4.26. The van der Waals surface area contributed by atoms with Gasteiger partial charge in [-0.15, -0.1) is 24.0 Å². The van der Waals surface area contributed by atoms with E-state index in [1.807, 2.05) is 68.6 Å². The van der Waals surface area contributed by atoms with E-state index in [0.717, 1.165) is 23.4 Å². The first-order valence-corrected chi connectivity index (χ1v) is 9.56. The van der Waals surface area contributed by atoms with Gasteiger partial charge in [0.2, 0.25) is 5.91 Å². The molecule has 0 saturated heterocycles. The third kappa shape index (κ3) is 8.72. The van der Waals surface area contributed by atoms with Gasteiger partial charge in [-0.25, -0.2) is 4.99 Å². The summed E-state index contributed by atoms with van der Waals surface area (Å²) in [7, 11) is 3.49. The zero-order valence-electron chi connectivity index (χ0n) is 17.4. The highest BCUT2D eigenvalue weighted by Crippen LogP contribution is 2.17. The molecule has 6 nitrogen and oxygen atoms in total. The number of nitrogens with zero attached hydrogens (tertiary/aromatic N) is 2. The number of nitrogens with one attached hydrogen (secondary N) is 2. The molecule has 0 heterocycles. The van der Waals surface area contributed by atoms with Crippen molar-refractivity contribution in [3.05, 3.63) is 65.7 Å². The summed E-state index contributed by atoms with van der Waals surface area (Å²) in [5.74, 6) is 1.60. The summed E-state index contributed by atoms with van der Waals surface area (Å²) in [5.41, 5.74) is 2.14. The van der Waals surface area contributed by atoms with Gasteiger partial charge in [-0.05, 0) is 18.6 Å². The molecule has 0 aliphatic heterocycles. The second-order valence-corrected chi connectivity index (χ2v) is 6.42. The molecule has 29 heavy (non-hydrogen) atoms. The van der Waals surface area contributed by atoms with Crippen molar-refractivity contribution in [1.29, 1.82) is 0 Å². The fourth-order valence-corrected chi connectivity index (χ4v) is 2.76. The van der Waals surface area contributed by atoms with E-state index in [1.54, 1.807) is 12.0 Å². The van der Waals surface area contributed by atoms with Gasteiger partial charge in [-0.3, -0.25) is 4.79 Å². The summed E-state index contributed by atoms with van der Waals surface area (Å²) in [6, 6.07) is 17.8. The van der Waals surface area contributed by atoms with Crippen molar-refractivity contribution < 1.29 is 9.53 Å². The number of methoxy groups -OCH3 is 1. The summed E-state index contributed by atoms with van der Waals surface area (Å²) in [4.78, 5) is 18.7. The Morgan fingerprint density at radius 1 is 1.07 bits per heavy atom. The van der Waals surface area contributed by atoms with Crippen molar-refractivity contribution in [2.75, 3.05) is 27.2 Å². The van der Waals surface area contributed by atoms with E-state index in [4.69, 9.17) is 4.74 Å². The van der Waals surface area contributed by atoms with Crippen molar-refractivity contribution in [2.24, 2.45) is 4.99 Å². The van der Waals surface area contributed by atoms with E-state index in [0.29, 0.717) is 32.0 Å². The first kappa shape index (κ1) is 24.7. The Balaban J connectivity index is 0.00000420. The maximum absolute atomic E-state index is 12.4. The van der Waals surface area contributed by atoms with Crippen molar-refractivity contribution >= 4 is 35.8 Å². The summed E-state index contributed by atoms with van der Waals surface area (Å²) in [5, 5.41) is 6.43. The van der Waals surface area contributed by atoms with E-state index in [9.17, 15) is 4.79 Å². The molecule has 7 heteroatoms. The van der Waals surface area contributed by atoms with E-state index >= 15 is 0 Å². The molecule has 0 aliphatic rings. The van der Waals surface area contributed by atoms with Crippen LogP contribution in [0, 0.1) is 0 Å². The number of ether oxygens (including phenoxy) is 1. The number of rotatable bonds is 9. The van der Waals surface area contributed by atoms with Gasteiger partial charge in [-0.2, -0.15) is 0 Å². The number of para-hydroxylation sites is 1. The molecule has 0 atom stereocenters. The lowest BCUT2D eigenvalue weighted by Crippen LogP contribution is -2.39. The molecule has 1 amide bonds.